The van der Waals surface area contributed by atoms with E-state index in [0.717, 1.165) is 10.8 Å². The lowest BCUT2D eigenvalue weighted by Gasteiger charge is -2.13. The third-order valence-corrected chi connectivity index (χ3v) is 4.22. The van der Waals surface area contributed by atoms with Gasteiger partial charge in [0.05, 0.1) is 12.3 Å². The number of hydrogen-bond acceptors (Lipinski definition) is 6. The summed E-state index contributed by atoms with van der Waals surface area (Å²) in [7, 11) is 0. The van der Waals surface area contributed by atoms with Crippen molar-refractivity contribution in [2.75, 3.05) is 11.9 Å². The fourth-order valence-corrected chi connectivity index (χ4v) is 3.06. The Morgan fingerprint density at radius 3 is 2.83 bits per heavy atom. The summed E-state index contributed by atoms with van der Waals surface area (Å²) in [6.07, 6.45) is 2.48. The lowest BCUT2D eigenvalue weighted by atomic mass is 10.1. The molecule has 5 nitrogen and oxygen atoms in total. The molecule has 1 aromatic carbocycles. The molecule has 2 aromatic heterocycles. The maximum absolute atomic E-state index is 13.7. The Kier molecular flexibility index (Phi) is 4.99. The van der Waals surface area contributed by atoms with E-state index in [1.54, 1.807) is 30.5 Å². The number of hydrogen-bond donors (Lipinski definition) is 2. The highest BCUT2D eigenvalue weighted by molar-refractivity contribution is 7.15. The van der Waals surface area contributed by atoms with E-state index in [2.05, 4.69) is 15.5 Å². The molecule has 0 saturated heterocycles. The summed E-state index contributed by atoms with van der Waals surface area (Å²) >= 11 is 1.36. The van der Waals surface area contributed by atoms with Gasteiger partial charge in [0.1, 0.15) is 16.6 Å². The number of aliphatic hydroxyl groups excluding tert-OH is 1. The van der Waals surface area contributed by atoms with Gasteiger partial charge in [0.2, 0.25) is 5.13 Å². The van der Waals surface area contributed by atoms with E-state index in [4.69, 9.17) is 4.42 Å². The maximum Gasteiger partial charge on any atom is 0.206 e. The minimum Gasteiger partial charge on any atom is -0.467 e. The minimum absolute atomic E-state index is 0.0270. The summed E-state index contributed by atoms with van der Waals surface area (Å²) in [6.45, 7) is 0.0270. The summed E-state index contributed by atoms with van der Waals surface area (Å²) in [5.74, 6) is 0.482. The Balaban J connectivity index is 1.70. The molecule has 120 valence electrons. The monoisotopic (exact) mass is 333 g/mol. The number of rotatable bonds is 7. The highest BCUT2D eigenvalue weighted by atomic mass is 32.1. The van der Waals surface area contributed by atoms with Gasteiger partial charge in [-0.3, -0.25) is 0 Å². The van der Waals surface area contributed by atoms with Gasteiger partial charge in [0.25, 0.3) is 0 Å². The first kappa shape index (κ1) is 15.6. The molecule has 1 unspecified atom stereocenters. The van der Waals surface area contributed by atoms with Crippen molar-refractivity contribution in [3.05, 3.63) is 64.8 Å². The second-order valence-corrected chi connectivity index (χ2v) is 6.06. The Labute approximate surface area is 136 Å². The smallest absolute Gasteiger partial charge is 0.206 e. The molecule has 0 amide bonds. The molecule has 0 aliphatic rings. The number of aromatic nitrogens is 2. The predicted molar refractivity (Wildman–Crippen MR) is 85.9 cm³/mol. The van der Waals surface area contributed by atoms with Crippen molar-refractivity contribution >= 4 is 16.5 Å². The molecule has 7 heteroatoms. The van der Waals surface area contributed by atoms with Gasteiger partial charge >= 0.3 is 0 Å². The fourth-order valence-electron chi connectivity index (χ4n) is 2.24. The van der Waals surface area contributed by atoms with Crippen molar-refractivity contribution in [2.45, 2.75) is 18.9 Å². The van der Waals surface area contributed by atoms with Crippen molar-refractivity contribution in [2.24, 2.45) is 0 Å². The molecule has 0 saturated carbocycles. The normalized spacial score (nSPS) is 12.3. The van der Waals surface area contributed by atoms with Crippen LogP contribution in [0.15, 0.2) is 47.1 Å². The minimum atomic E-state index is -0.244. The Morgan fingerprint density at radius 2 is 2.09 bits per heavy atom. The van der Waals surface area contributed by atoms with Gasteiger partial charge in [-0.1, -0.05) is 29.5 Å². The largest absolute Gasteiger partial charge is 0.467 e. The van der Waals surface area contributed by atoms with Crippen LogP contribution in [0.1, 0.15) is 28.8 Å². The molecule has 23 heavy (non-hydrogen) atoms. The lowest BCUT2D eigenvalue weighted by molar-refractivity contribution is 0.273. The topological polar surface area (TPSA) is 71.2 Å². The average molecular weight is 333 g/mol. The second kappa shape index (κ2) is 7.34. The van der Waals surface area contributed by atoms with E-state index in [0.29, 0.717) is 23.5 Å². The number of benzene rings is 1. The molecule has 3 rings (SSSR count). The van der Waals surface area contributed by atoms with Crippen LogP contribution < -0.4 is 5.32 Å². The van der Waals surface area contributed by atoms with Crippen LogP contribution in [-0.4, -0.2) is 21.9 Å². The number of furan rings is 1. The highest BCUT2D eigenvalue weighted by Crippen LogP contribution is 2.26. The summed E-state index contributed by atoms with van der Waals surface area (Å²) in [5, 5.41) is 21.9. The van der Waals surface area contributed by atoms with Crippen LogP contribution >= 0.6 is 11.3 Å². The first-order valence-corrected chi connectivity index (χ1v) is 8.04. The molecule has 2 heterocycles. The number of nitrogens with one attached hydrogen (secondary N) is 1. The van der Waals surface area contributed by atoms with E-state index in [1.807, 2.05) is 6.07 Å². The van der Waals surface area contributed by atoms with Gasteiger partial charge in [-0.05, 0) is 30.2 Å². The molecular weight excluding hydrogens is 317 g/mol. The summed E-state index contributed by atoms with van der Waals surface area (Å²) in [4.78, 5) is 0. The van der Waals surface area contributed by atoms with Gasteiger partial charge in [-0.2, -0.15) is 0 Å². The van der Waals surface area contributed by atoms with Crippen molar-refractivity contribution < 1.29 is 13.9 Å². The summed E-state index contributed by atoms with van der Waals surface area (Å²) in [6, 6.07) is 10.1. The van der Waals surface area contributed by atoms with Crippen molar-refractivity contribution in [1.29, 1.82) is 0 Å². The van der Waals surface area contributed by atoms with Crippen LogP contribution in [0.2, 0.25) is 0 Å². The molecule has 3 aromatic rings. The van der Waals surface area contributed by atoms with Crippen LogP contribution in [0.25, 0.3) is 0 Å². The number of aliphatic hydroxyl groups is 1. The molecular formula is C16H16FN3O2S. The van der Waals surface area contributed by atoms with Gasteiger partial charge in [-0.25, -0.2) is 4.39 Å². The van der Waals surface area contributed by atoms with Crippen molar-refractivity contribution in [3.8, 4) is 0 Å². The second-order valence-electron chi connectivity index (χ2n) is 4.99. The first-order chi connectivity index (χ1) is 11.3. The molecule has 0 aliphatic heterocycles. The van der Waals surface area contributed by atoms with E-state index in [-0.39, 0.29) is 18.5 Å². The van der Waals surface area contributed by atoms with E-state index in [9.17, 15) is 9.50 Å². The van der Waals surface area contributed by atoms with Crippen LogP contribution in [-0.2, 0) is 6.42 Å². The van der Waals surface area contributed by atoms with E-state index < -0.39 is 0 Å². The third kappa shape index (κ3) is 3.94. The summed E-state index contributed by atoms with van der Waals surface area (Å²) < 4.78 is 19.1. The standard InChI is InChI=1S/C16H16FN3O2S/c17-12-5-2-1-4-11(12)10-15-19-20-16(23-15)18-13(7-8-21)14-6-3-9-22-14/h1-6,9,13,21H,7-8,10H2,(H,18,20). The number of halogens is 1. The third-order valence-electron chi connectivity index (χ3n) is 3.37. The molecule has 0 radical (unpaired) electrons. The molecule has 1 atom stereocenters. The Morgan fingerprint density at radius 1 is 1.22 bits per heavy atom. The Bertz CT molecular complexity index is 745. The van der Waals surface area contributed by atoms with Gasteiger partial charge in [-0.15, -0.1) is 10.2 Å². The zero-order valence-electron chi connectivity index (χ0n) is 12.3. The van der Waals surface area contributed by atoms with Crippen LogP contribution in [0, 0.1) is 5.82 Å². The Hall–Kier alpha value is -2.25. The zero-order valence-corrected chi connectivity index (χ0v) is 13.1. The average Bonchev–Trinajstić information content (AvgIpc) is 3.21. The van der Waals surface area contributed by atoms with E-state index in [1.165, 1.54) is 17.4 Å². The van der Waals surface area contributed by atoms with Crippen LogP contribution in [0.5, 0.6) is 0 Å². The van der Waals surface area contributed by atoms with Crippen LogP contribution in [0.4, 0.5) is 9.52 Å². The first-order valence-electron chi connectivity index (χ1n) is 7.23. The number of nitrogens with zero attached hydrogens (tertiary/aromatic N) is 2. The molecule has 0 spiro atoms. The summed E-state index contributed by atoms with van der Waals surface area (Å²) in [5.41, 5.74) is 0.591. The number of anilines is 1. The quantitative estimate of drug-likeness (QED) is 0.693. The fraction of sp³-hybridized carbons (Fsp3) is 0.250. The zero-order chi connectivity index (χ0) is 16.1. The van der Waals surface area contributed by atoms with Gasteiger partial charge < -0.3 is 14.8 Å². The predicted octanol–water partition coefficient (Wildman–Crippen LogP) is 3.40. The van der Waals surface area contributed by atoms with Crippen molar-refractivity contribution in [1.82, 2.24) is 10.2 Å². The van der Waals surface area contributed by atoms with E-state index >= 15 is 0 Å². The lowest BCUT2D eigenvalue weighted by Crippen LogP contribution is -2.11. The highest BCUT2D eigenvalue weighted by Gasteiger charge is 2.16. The SMILES string of the molecule is OCCC(Nc1nnc(Cc2ccccc2F)s1)c1ccco1. The molecule has 0 fully saturated rings. The maximum atomic E-state index is 13.7. The van der Waals surface area contributed by atoms with Crippen LogP contribution in [0.3, 0.4) is 0 Å². The van der Waals surface area contributed by atoms with Gasteiger partial charge in [0.15, 0.2) is 0 Å². The molecule has 2 N–H and O–H groups in total. The molecule has 0 bridgehead atoms. The van der Waals surface area contributed by atoms with Crippen molar-refractivity contribution in [3.63, 3.8) is 0 Å². The van der Waals surface area contributed by atoms with Gasteiger partial charge in [0, 0.05) is 13.0 Å². The molecule has 0 aliphatic carbocycles.